The summed E-state index contributed by atoms with van der Waals surface area (Å²) < 4.78 is 1.96. The van der Waals surface area contributed by atoms with E-state index in [1.54, 1.807) is 6.07 Å². The first-order valence-corrected chi connectivity index (χ1v) is 7.77. The number of aromatic nitrogens is 1. The topological polar surface area (TPSA) is 51.8 Å². The zero-order chi connectivity index (χ0) is 15.1. The lowest BCUT2D eigenvalue weighted by Gasteiger charge is -2.34. The Morgan fingerprint density at radius 2 is 2.23 bits per heavy atom. The molecule has 0 spiro atoms. The molecule has 2 aliphatic rings. The predicted molar refractivity (Wildman–Crippen MR) is 82.1 cm³/mol. The first-order chi connectivity index (χ1) is 10.7. The minimum atomic E-state index is -0.182. The zero-order valence-corrected chi connectivity index (χ0v) is 12.4. The van der Waals surface area contributed by atoms with Gasteiger partial charge in [0.05, 0.1) is 6.04 Å². The number of hydrogen-bond donors (Lipinski definition) is 0. The molecule has 0 radical (unpaired) electrons. The van der Waals surface area contributed by atoms with Gasteiger partial charge >= 0.3 is 0 Å². The van der Waals surface area contributed by atoms with Crippen LogP contribution in [0.4, 0.5) is 0 Å². The highest BCUT2D eigenvalue weighted by molar-refractivity contribution is 5.96. The SMILES string of the molecule is N#CN(C(=O)c1ccn2cccc2c1)[C@@H]1C[C@H]2CCN(C2)C1. The fraction of sp³-hybridized carbons (Fsp3) is 0.412. The van der Waals surface area contributed by atoms with Crippen molar-refractivity contribution in [3.05, 3.63) is 42.2 Å². The molecule has 2 aromatic rings. The van der Waals surface area contributed by atoms with Crippen molar-refractivity contribution in [3.8, 4) is 6.19 Å². The Morgan fingerprint density at radius 1 is 1.32 bits per heavy atom. The number of carbonyl (C=O) groups is 1. The largest absolute Gasteiger partial charge is 0.324 e. The van der Waals surface area contributed by atoms with E-state index >= 15 is 0 Å². The third kappa shape index (κ3) is 2.16. The number of carbonyl (C=O) groups excluding carboxylic acids is 1. The lowest BCUT2D eigenvalue weighted by molar-refractivity contribution is 0.0701. The number of hydrogen-bond acceptors (Lipinski definition) is 3. The van der Waals surface area contributed by atoms with Gasteiger partial charge in [0.2, 0.25) is 0 Å². The van der Waals surface area contributed by atoms with Gasteiger partial charge in [0.25, 0.3) is 5.91 Å². The van der Waals surface area contributed by atoms with Gasteiger partial charge in [-0.2, -0.15) is 5.26 Å². The van der Waals surface area contributed by atoms with Crippen LogP contribution >= 0.6 is 0 Å². The molecule has 1 unspecified atom stereocenters. The molecule has 1 amide bonds. The van der Waals surface area contributed by atoms with Gasteiger partial charge in [0.15, 0.2) is 6.19 Å². The van der Waals surface area contributed by atoms with E-state index in [1.165, 1.54) is 11.3 Å². The minimum Gasteiger partial charge on any atom is -0.324 e. The van der Waals surface area contributed by atoms with Crippen molar-refractivity contribution in [1.29, 1.82) is 5.26 Å². The maximum absolute atomic E-state index is 12.8. The van der Waals surface area contributed by atoms with Crippen LogP contribution in [0.1, 0.15) is 23.2 Å². The van der Waals surface area contributed by atoms with Crippen molar-refractivity contribution < 1.29 is 4.79 Å². The molecule has 2 saturated heterocycles. The van der Waals surface area contributed by atoms with Crippen LogP contribution in [-0.2, 0) is 0 Å². The summed E-state index contributed by atoms with van der Waals surface area (Å²) in [7, 11) is 0. The fourth-order valence-electron chi connectivity index (χ4n) is 3.81. The smallest absolute Gasteiger partial charge is 0.267 e. The zero-order valence-electron chi connectivity index (χ0n) is 12.4. The quantitative estimate of drug-likeness (QED) is 0.628. The number of rotatable bonds is 2. The molecule has 0 N–H and O–H groups in total. The summed E-state index contributed by atoms with van der Waals surface area (Å²) in [6.07, 6.45) is 8.08. The molecule has 4 rings (SSSR count). The second-order valence-electron chi connectivity index (χ2n) is 6.33. The van der Waals surface area contributed by atoms with Crippen LogP contribution in [0.25, 0.3) is 5.52 Å². The third-order valence-electron chi connectivity index (χ3n) is 4.91. The molecule has 2 bridgehead atoms. The average molecular weight is 294 g/mol. The molecule has 4 heterocycles. The van der Waals surface area contributed by atoms with Crippen LogP contribution in [0.2, 0.25) is 0 Å². The molecule has 0 saturated carbocycles. The Bertz CT molecular complexity index is 747. The van der Waals surface area contributed by atoms with Crippen LogP contribution < -0.4 is 0 Å². The summed E-state index contributed by atoms with van der Waals surface area (Å²) in [5.74, 6) is 0.453. The summed E-state index contributed by atoms with van der Waals surface area (Å²) in [4.78, 5) is 16.5. The average Bonchev–Trinajstić information content (AvgIpc) is 3.13. The van der Waals surface area contributed by atoms with E-state index in [0.717, 1.165) is 31.6 Å². The molecule has 5 nitrogen and oxygen atoms in total. The van der Waals surface area contributed by atoms with Crippen LogP contribution in [0.3, 0.4) is 0 Å². The number of fused-ring (bicyclic) bond motifs is 3. The van der Waals surface area contributed by atoms with Crippen molar-refractivity contribution in [3.63, 3.8) is 0 Å². The molecule has 112 valence electrons. The van der Waals surface area contributed by atoms with Gasteiger partial charge in [-0.05, 0) is 49.6 Å². The Balaban J connectivity index is 1.60. The van der Waals surface area contributed by atoms with E-state index in [1.807, 2.05) is 35.0 Å². The second-order valence-corrected chi connectivity index (χ2v) is 6.33. The highest BCUT2D eigenvalue weighted by Crippen LogP contribution is 2.29. The molecule has 0 aliphatic carbocycles. The van der Waals surface area contributed by atoms with Crippen molar-refractivity contribution in [1.82, 2.24) is 14.2 Å². The third-order valence-corrected chi connectivity index (χ3v) is 4.91. The predicted octanol–water partition coefficient (Wildman–Crippen LogP) is 1.96. The molecule has 5 heteroatoms. The molecule has 22 heavy (non-hydrogen) atoms. The summed E-state index contributed by atoms with van der Waals surface area (Å²) in [6.45, 7) is 3.05. The van der Waals surface area contributed by atoms with Crippen LogP contribution in [-0.4, -0.2) is 45.8 Å². The molecule has 3 atom stereocenters. The molecule has 2 aromatic heterocycles. The summed E-state index contributed by atoms with van der Waals surface area (Å²) in [6, 6.07) is 7.56. The van der Waals surface area contributed by atoms with Crippen molar-refractivity contribution in [2.24, 2.45) is 5.92 Å². The first kappa shape index (κ1) is 13.4. The Kier molecular flexibility index (Phi) is 3.12. The van der Waals surface area contributed by atoms with Gasteiger partial charge in [-0.25, -0.2) is 4.90 Å². The van der Waals surface area contributed by atoms with Gasteiger partial charge in [0.1, 0.15) is 0 Å². The number of pyridine rings is 1. The van der Waals surface area contributed by atoms with E-state index in [-0.39, 0.29) is 11.9 Å². The minimum absolute atomic E-state index is 0.0155. The first-order valence-electron chi connectivity index (χ1n) is 7.77. The monoisotopic (exact) mass is 294 g/mol. The Labute approximate surface area is 129 Å². The lowest BCUT2D eigenvalue weighted by Crippen LogP contribution is -2.47. The molecule has 2 fully saturated rings. The van der Waals surface area contributed by atoms with E-state index in [4.69, 9.17) is 0 Å². The van der Waals surface area contributed by atoms with E-state index < -0.39 is 0 Å². The Hall–Kier alpha value is -2.32. The second kappa shape index (κ2) is 5.15. The molecular weight excluding hydrogens is 276 g/mol. The van der Waals surface area contributed by atoms with Gasteiger partial charge in [0, 0.05) is 36.6 Å². The van der Waals surface area contributed by atoms with Crippen LogP contribution in [0.5, 0.6) is 0 Å². The van der Waals surface area contributed by atoms with E-state index in [2.05, 4.69) is 11.1 Å². The maximum Gasteiger partial charge on any atom is 0.267 e. The Morgan fingerprint density at radius 3 is 3.05 bits per heavy atom. The maximum atomic E-state index is 12.8. The van der Waals surface area contributed by atoms with Crippen LogP contribution in [0, 0.1) is 17.4 Å². The normalized spacial score (nSPS) is 26.8. The molecule has 0 aromatic carbocycles. The number of piperidine rings is 1. The van der Waals surface area contributed by atoms with Gasteiger partial charge in [-0.1, -0.05) is 0 Å². The van der Waals surface area contributed by atoms with E-state index in [0.29, 0.717) is 11.5 Å². The highest BCUT2D eigenvalue weighted by Gasteiger charge is 2.37. The standard InChI is InChI=1S/C17H18N4O/c18-12-21(16-8-13-3-6-19(10-13)11-16)17(22)14-4-7-20-5-1-2-15(20)9-14/h1-2,4-5,7,9,13,16H,3,6,8,10-11H2/t13-,16-/m1/s1. The van der Waals surface area contributed by atoms with Gasteiger partial charge in [-0.3, -0.25) is 4.79 Å². The summed E-state index contributed by atoms with van der Waals surface area (Å²) in [5.41, 5.74) is 1.55. The highest BCUT2D eigenvalue weighted by atomic mass is 16.2. The van der Waals surface area contributed by atoms with Gasteiger partial charge in [-0.15, -0.1) is 0 Å². The van der Waals surface area contributed by atoms with Crippen molar-refractivity contribution in [2.45, 2.75) is 18.9 Å². The molecular formula is C17H18N4O. The lowest BCUT2D eigenvalue weighted by atomic mass is 9.95. The van der Waals surface area contributed by atoms with Crippen molar-refractivity contribution >= 4 is 11.4 Å². The van der Waals surface area contributed by atoms with Crippen molar-refractivity contribution in [2.75, 3.05) is 19.6 Å². The number of nitrogens with zero attached hydrogens (tertiary/aromatic N) is 4. The fourth-order valence-corrected chi connectivity index (χ4v) is 3.81. The molecule has 2 aliphatic heterocycles. The van der Waals surface area contributed by atoms with Gasteiger partial charge < -0.3 is 9.30 Å². The number of nitriles is 1. The summed E-state index contributed by atoms with van der Waals surface area (Å²) in [5, 5.41) is 9.51. The number of amides is 1. The van der Waals surface area contributed by atoms with Crippen LogP contribution in [0.15, 0.2) is 36.7 Å². The summed E-state index contributed by atoms with van der Waals surface area (Å²) >= 11 is 0. The van der Waals surface area contributed by atoms with E-state index in [9.17, 15) is 10.1 Å².